The van der Waals surface area contributed by atoms with Crippen molar-refractivity contribution in [2.45, 2.75) is 34.6 Å². The predicted molar refractivity (Wildman–Crippen MR) is 85.3 cm³/mol. The maximum Gasteiger partial charge on any atom is 0.750 e. The third-order valence-corrected chi connectivity index (χ3v) is 4.40. The first-order chi connectivity index (χ1) is 8.87. The Hall–Kier alpha value is -0.123. The highest BCUT2D eigenvalue weighted by molar-refractivity contribution is 7.80. The van der Waals surface area contributed by atoms with Crippen molar-refractivity contribution in [1.82, 2.24) is 0 Å². The highest BCUT2D eigenvalue weighted by Crippen LogP contribution is 2.12. The standard InChI is InChI=1S/C8H18O4SSi.C3H6OS/c1-5-9-14(10-6-2,11-7-3)12-8(4)13;1-3(5)4-2/h5-7H2,1-4H3;1-2H3. The van der Waals surface area contributed by atoms with E-state index in [1.165, 1.54) is 0 Å². The zero-order chi connectivity index (χ0) is 15.3. The number of hydrogen-bond donors (Lipinski definition) is 0. The van der Waals surface area contributed by atoms with Gasteiger partial charge in [0.1, 0.15) is 5.05 Å². The van der Waals surface area contributed by atoms with Crippen LogP contribution in [0.5, 0.6) is 0 Å². The van der Waals surface area contributed by atoms with Gasteiger partial charge in [0.25, 0.3) is 0 Å². The second-order valence-corrected chi connectivity index (χ2v) is 6.31. The van der Waals surface area contributed by atoms with Gasteiger partial charge in [0.15, 0.2) is 5.05 Å². The van der Waals surface area contributed by atoms with Crippen LogP contribution in [0.1, 0.15) is 34.6 Å². The molecule has 0 aromatic carbocycles. The van der Waals surface area contributed by atoms with Gasteiger partial charge in [0.05, 0.1) is 7.11 Å². The number of methoxy groups -OCH3 is 1. The Bertz CT molecular complexity index is 246. The Kier molecular flexibility index (Phi) is 14.4. The molecule has 0 bridgehead atoms. The summed E-state index contributed by atoms with van der Waals surface area (Å²) in [6.45, 7) is 10.4. The summed E-state index contributed by atoms with van der Waals surface area (Å²) in [5, 5.41) is 0.969. The van der Waals surface area contributed by atoms with Crippen LogP contribution in [-0.4, -0.2) is 46.1 Å². The highest BCUT2D eigenvalue weighted by Gasteiger charge is 2.47. The lowest BCUT2D eigenvalue weighted by atomic mass is 10.9. The predicted octanol–water partition coefficient (Wildman–Crippen LogP) is 2.88. The normalized spacial score (nSPS) is 10.2. The third-order valence-electron chi connectivity index (χ3n) is 1.52. The van der Waals surface area contributed by atoms with Gasteiger partial charge in [0.2, 0.25) is 0 Å². The van der Waals surface area contributed by atoms with E-state index in [0.717, 1.165) is 0 Å². The summed E-state index contributed by atoms with van der Waals surface area (Å²) >= 11 is 9.33. The van der Waals surface area contributed by atoms with Crippen LogP contribution in [0.2, 0.25) is 0 Å². The second-order valence-electron chi connectivity index (χ2n) is 3.09. The van der Waals surface area contributed by atoms with E-state index >= 15 is 0 Å². The van der Waals surface area contributed by atoms with Gasteiger partial charge < -0.3 is 22.4 Å². The van der Waals surface area contributed by atoms with Crippen LogP contribution in [0, 0.1) is 0 Å². The average molecular weight is 329 g/mol. The molecule has 0 rings (SSSR count). The summed E-state index contributed by atoms with van der Waals surface area (Å²) in [4.78, 5) is 0. The minimum absolute atomic E-state index is 0.381. The Balaban J connectivity index is 0. The molecule has 0 aromatic rings. The molecule has 0 aliphatic carbocycles. The first-order valence-electron chi connectivity index (χ1n) is 6.03. The van der Waals surface area contributed by atoms with Crippen LogP contribution in [0.3, 0.4) is 0 Å². The number of thiocarbonyl (C=S) groups is 2. The van der Waals surface area contributed by atoms with Crippen molar-refractivity contribution < 1.29 is 22.4 Å². The van der Waals surface area contributed by atoms with Crippen molar-refractivity contribution in [2.24, 2.45) is 0 Å². The van der Waals surface area contributed by atoms with Gasteiger partial charge in [-0.3, -0.25) is 0 Å². The maximum absolute atomic E-state index is 5.41. The van der Waals surface area contributed by atoms with Crippen molar-refractivity contribution in [3.63, 3.8) is 0 Å². The van der Waals surface area contributed by atoms with E-state index < -0.39 is 9.05 Å². The van der Waals surface area contributed by atoms with Crippen molar-refractivity contribution in [1.29, 1.82) is 0 Å². The monoisotopic (exact) mass is 328 g/mol. The molecule has 8 heteroatoms. The van der Waals surface area contributed by atoms with Gasteiger partial charge >= 0.3 is 9.05 Å². The van der Waals surface area contributed by atoms with Gasteiger partial charge in [-0.25, -0.2) is 0 Å². The molecule has 0 aliphatic heterocycles. The first kappa shape index (κ1) is 21.2. The number of ether oxygens (including phenoxy) is 1. The molecule has 0 saturated carbocycles. The summed E-state index contributed by atoms with van der Waals surface area (Å²) in [6.07, 6.45) is 0. The number of hydrogen-bond acceptors (Lipinski definition) is 7. The van der Waals surface area contributed by atoms with Crippen LogP contribution < -0.4 is 0 Å². The lowest BCUT2D eigenvalue weighted by molar-refractivity contribution is 0.00672. The van der Waals surface area contributed by atoms with Gasteiger partial charge in [-0.15, -0.1) is 0 Å². The van der Waals surface area contributed by atoms with E-state index in [2.05, 4.69) is 17.0 Å². The third kappa shape index (κ3) is 12.6. The lowest BCUT2D eigenvalue weighted by Gasteiger charge is -2.26. The van der Waals surface area contributed by atoms with Crippen LogP contribution in [0.25, 0.3) is 0 Å². The first-order valence-corrected chi connectivity index (χ1v) is 8.48. The van der Waals surface area contributed by atoms with Crippen LogP contribution in [0.15, 0.2) is 0 Å². The molecule has 0 N–H and O–H groups in total. The van der Waals surface area contributed by atoms with Crippen molar-refractivity contribution in [3.8, 4) is 0 Å². The lowest BCUT2D eigenvalue weighted by Crippen LogP contribution is -2.50. The van der Waals surface area contributed by atoms with E-state index in [1.807, 2.05) is 20.8 Å². The van der Waals surface area contributed by atoms with Crippen molar-refractivity contribution >= 4 is 43.6 Å². The highest BCUT2D eigenvalue weighted by atomic mass is 32.1. The molecule has 5 nitrogen and oxygen atoms in total. The van der Waals surface area contributed by atoms with E-state index in [4.69, 9.17) is 29.9 Å². The zero-order valence-electron chi connectivity index (χ0n) is 12.5. The van der Waals surface area contributed by atoms with Gasteiger partial charge in [-0.2, -0.15) is 0 Å². The van der Waals surface area contributed by atoms with Crippen molar-refractivity contribution in [3.05, 3.63) is 0 Å². The average Bonchev–Trinajstić information content (AvgIpc) is 2.29. The maximum atomic E-state index is 5.41. The van der Waals surface area contributed by atoms with Gasteiger partial charge in [-0.1, -0.05) is 0 Å². The molecule has 0 fully saturated rings. The molecular weight excluding hydrogens is 304 g/mol. The Morgan fingerprint density at radius 1 is 0.842 bits per heavy atom. The minimum Gasteiger partial charge on any atom is -0.491 e. The Morgan fingerprint density at radius 3 is 1.32 bits per heavy atom. The molecule has 0 saturated heterocycles. The summed E-state index contributed by atoms with van der Waals surface area (Å²) in [6, 6.07) is 0. The van der Waals surface area contributed by atoms with Crippen molar-refractivity contribution in [2.75, 3.05) is 26.9 Å². The van der Waals surface area contributed by atoms with E-state index in [9.17, 15) is 0 Å². The fourth-order valence-electron chi connectivity index (χ4n) is 0.920. The topological polar surface area (TPSA) is 46.2 Å². The molecule has 0 radical (unpaired) electrons. The molecular formula is C11H24O5S2Si. The zero-order valence-corrected chi connectivity index (χ0v) is 15.1. The summed E-state index contributed by atoms with van der Waals surface area (Å²) in [5.41, 5.74) is 0. The summed E-state index contributed by atoms with van der Waals surface area (Å²) in [5.74, 6) is 0. The molecule has 0 spiro atoms. The second kappa shape index (κ2) is 12.9. The molecule has 0 aliphatic rings. The Morgan fingerprint density at radius 2 is 1.16 bits per heavy atom. The SMILES string of the molecule is CCO[Si](OCC)(OCC)OC(C)=S.COC(C)=S. The molecule has 0 amide bonds. The molecule has 114 valence electrons. The van der Waals surface area contributed by atoms with E-state index in [-0.39, 0.29) is 0 Å². The summed E-state index contributed by atoms with van der Waals surface area (Å²) < 4.78 is 26.1. The van der Waals surface area contributed by atoms with Gasteiger partial charge in [-0.05, 0) is 45.2 Å². The number of rotatable bonds is 7. The van der Waals surface area contributed by atoms with Crippen LogP contribution in [-0.2, 0) is 22.4 Å². The molecule has 0 unspecified atom stereocenters. The minimum atomic E-state index is -3.00. The van der Waals surface area contributed by atoms with Crippen LogP contribution in [0.4, 0.5) is 0 Å². The van der Waals surface area contributed by atoms with Gasteiger partial charge in [0, 0.05) is 33.7 Å². The summed E-state index contributed by atoms with van der Waals surface area (Å²) in [7, 11) is -1.44. The molecule has 0 atom stereocenters. The fraction of sp³-hybridized carbons (Fsp3) is 0.818. The quantitative estimate of drug-likeness (QED) is 0.526. The fourth-order valence-corrected chi connectivity index (χ4v) is 3.07. The van der Waals surface area contributed by atoms with E-state index in [1.54, 1.807) is 21.0 Å². The molecule has 0 heterocycles. The smallest absolute Gasteiger partial charge is 0.491 e. The largest absolute Gasteiger partial charge is 0.750 e. The van der Waals surface area contributed by atoms with E-state index in [0.29, 0.717) is 29.9 Å². The molecule has 19 heavy (non-hydrogen) atoms. The molecule has 0 aromatic heterocycles. The van der Waals surface area contributed by atoms with Crippen LogP contribution >= 0.6 is 24.4 Å². The Labute approximate surface area is 128 Å².